The molecule has 2 aromatic carbocycles. The van der Waals surface area contributed by atoms with E-state index >= 15 is 0 Å². The summed E-state index contributed by atoms with van der Waals surface area (Å²) in [4.78, 5) is 24.3. The van der Waals surface area contributed by atoms with Crippen LogP contribution < -0.4 is 19.6 Å². The van der Waals surface area contributed by atoms with Crippen molar-refractivity contribution in [2.45, 2.75) is 130 Å². The molecule has 416 valence electrons. The molecule has 0 spiro atoms. The SMILES string of the molecule is C[C@@H]1O[C@@H](OC[C@H]2O[C@@H](Oc3cc4c(=O)cc(O[C@@H]5O[C@@H](COC(=[OH+])C=Cc6ccc(O)cc6)[C@@H](O)[C@H](O)[C@H]5O)cc-4oc3-c3cc(O)c(O)c(O[C@@H]4O[C@H](CO)[C@@H](O)[C@H](O)[C@H]4O)c3)[C@H](O)[C@@H](O)[C@@H]2O)[C@@H](O)[C@@H](O)[C@H]1O. The van der Waals surface area contributed by atoms with Gasteiger partial charge in [-0.25, -0.2) is 0 Å². The minimum atomic E-state index is -2.10. The predicted molar refractivity (Wildman–Crippen MR) is 248 cm³/mol. The summed E-state index contributed by atoms with van der Waals surface area (Å²) in [5.74, 6) is -5.13. The molecule has 0 amide bonds. The highest BCUT2D eigenvalue weighted by Crippen LogP contribution is 2.46. The van der Waals surface area contributed by atoms with Crippen LogP contribution >= 0.6 is 0 Å². The molecule has 0 radical (unpaired) electrons. The van der Waals surface area contributed by atoms with E-state index in [2.05, 4.69) is 0 Å². The zero-order valence-electron chi connectivity index (χ0n) is 39.6. The third-order valence-corrected chi connectivity index (χ3v) is 13.0. The van der Waals surface area contributed by atoms with Gasteiger partial charge in [0.05, 0.1) is 31.0 Å². The highest BCUT2D eigenvalue weighted by atomic mass is 16.7. The maximum Gasteiger partial charge on any atom is 0.510 e. The lowest BCUT2D eigenvalue weighted by Crippen LogP contribution is -2.61. The maximum absolute atomic E-state index is 13.9. The summed E-state index contributed by atoms with van der Waals surface area (Å²) in [6.45, 7) is -0.803. The van der Waals surface area contributed by atoms with Crippen LogP contribution in [0.25, 0.3) is 28.7 Å². The summed E-state index contributed by atoms with van der Waals surface area (Å²) in [5, 5.41) is 169. The summed E-state index contributed by atoms with van der Waals surface area (Å²) in [5.41, 5.74) is -0.982. The number of rotatable bonds is 15. The van der Waals surface area contributed by atoms with Crippen molar-refractivity contribution in [2.24, 2.45) is 0 Å². The first-order valence-corrected chi connectivity index (χ1v) is 23.4. The molecule has 6 aliphatic rings. The molecule has 0 bridgehead atoms. The normalized spacial score (nSPS) is 36.0. The molecule has 17 N–H and O–H groups in total. The Kier molecular flexibility index (Phi) is 17.4. The van der Waals surface area contributed by atoms with Gasteiger partial charge in [0.1, 0.15) is 103 Å². The first kappa shape index (κ1) is 56.4. The van der Waals surface area contributed by atoms with Crippen molar-refractivity contribution < 1.29 is 134 Å². The number of benzene rings is 3. The average Bonchev–Trinajstić information content (AvgIpc) is 3.40. The van der Waals surface area contributed by atoms with Gasteiger partial charge in [-0.3, -0.25) is 4.79 Å². The molecule has 0 aromatic heterocycles. The van der Waals surface area contributed by atoms with Crippen molar-refractivity contribution in [3.8, 4) is 57.1 Å². The van der Waals surface area contributed by atoms with Crippen LogP contribution in [0.5, 0.6) is 34.5 Å². The van der Waals surface area contributed by atoms with Crippen LogP contribution in [0.1, 0.15) is 12.5 Å². The molecule has 4 saturated heterocycles. The van der Waals surface area contributed by atoms with Crippen molar-refractivity contribution >= 4 is 12.0 Å². The van der Waals surface area contributed by atoms with Gasteiger partial charge in [-0.15, -0.1) is 0 Å². The fraction of sp³-hybridized carbons (Fsp3) is 0.500. The molecule has 0 unspecified atom stereocenters. The number of ether oxygens (including phenoxy) is 9. The number of hydrogen-bond acceptors (Lipinski definition) is 27. The topological polar surface area (TPSA) is 458 Å². The lowest BCUT2D eigenvalue weighted by Gasteiger charge is -2.42. The standard InChI is InChI=1S/C48H56O28/c1-16-31(54)36(59)40(63)45(69-16)68-15-29-35(58)39(62)43(66)48(76-29)73-26-12-21-22(51)10-20(70-46-41(64)38(61)34(57)28(75-46)14-67-30(53)7-4-17-2-5-19(50)6-3-17)11-24(21)71-44(26)18-8-23(52)32(55)25(9-18)72-47-42(65)37(60)33(56)27(13-49)74-47/h2-12,16,27-29,31,33-43,45-50,52,54-66H,13-15H2,1H3/p+1/t16-,27+,28-,29+,31-,33+,34+,35+,36-,37-,38-,39-,40-,41+,42+,43+,45+,46+,47+,48+/m0/s1. The van der Waals surface area contributed by atoms with Crippen LogP contribution in [0.15, 0.2) is 69.9 Å². The maximum atomic E-state index is 13.9. The molecule has 2 aromatic rings. The molecule has 5 aliphatic heterocycles. The molecule has 28 nitrogen and oxygen atoms in total. The van der Waals surface area contributed by atoms with Gasteiger partial charge in [0.25, 0.3) is 0 Å². The van der Waals surface area contributed by atoms with E-state index in [0.29, 0.717) is 5.56 Å². The quantitative estimate of drug-likeness (QED) is 0.0230. The second kappa shape index (κ2) is 23.4. The molecule has 1 aliphatic carbocycles. The molecule has 28 heteroatoms. The Hall–Kier alpha value is -5.84. The molecule has 20 atom stereocenters. The number of phenolic OH excluding ortho intramolecular Hbond substituents is 3. The Morgan fingerprint density at radius 3 is 1.75 bits per heavy atom. The lowest BCUT2D eigenvalue weighted by atomic mass is 9.98. The monoisotopic (exact) mass is 1080 g/mol. The summed E-state index contributed by atoms with van der Waals surface area (Å²) < 4.78 is 56.8. The molecule has 76 heavy (non-hydrogen) atoms. The minimum Gasteiger partial charge on any atom is -0.508 e. The number of aliphatic hydroxyl groups is 13. The van der Waals surface area contributed by atoms with Gasteiger partial charge < -0.3 is 134 Å². The molecule has 4 fully saturated rings. The molecule has 8 rings (SSSR count). The van der Waals surface area contributed by atoms with Gasteiger partial charge in [0.2, 0.25) is 31.2 Å². The van der Waals surface area contributed by atoms with Gasteiger partial charge in [-0.2, -0.15) is 0 Å². The fourth-order valence-corrected chi connectivity index (χ4v) is 8.49. The second-order valence-corrected chi connectivity index (χ2v) is 18.3. The largest absolute Gasteiger partial charge is 0.510 e. The van der Waals surface area contributed by atoms with Crippen LogP contribution in [0.3, 0.4) is 0 Å². The van der Waals surface area contributed by atoms with E-state index < -0.39 is 189 Å². The Morgan fingerprint density at radius 2 is 1.13 bits per heavy atom. The van der Waals surface area contributed by atoms with Gasteiger partial charge >= 0.3 is 5.97 Å². The number of hydrogen-bond donors (Lipinski definition) is 16. The number of carbonyl (C=O) groups excluding carboxylic acids is 1. The van der Waals surface area contributed by atoms with Crippen LogP contribution in [-0.2, 0) is 28.4 Å². The lowest BCUT2D eigenvalue weighted by molar-refractivity contribution is -0.318. The smallest absolute Gasteiger partial charge is 0.508 e. The fourth-order valence-electron chi connectivity index (χ4n) is 8.49. The Labute approximate surface area is 428 Å². The van der Waals surface area contributed by atoms with E-state index in [1.54, 1.807) is 12.1 Å². The van der Waals surface area contributed by atoms with E-state index in [9.17, 15) is 91.3 Å². The molecule has 5 heterocycles. The predicted octanol–water partition coefficient (Wildman–Crippen LogP) is -4.84. The van der Waals surface area contributed by atoms with E-state index in [-0.39, 0.29) is 22.6 Å². The molecular weight excluding hydrogens is 1020 g/mol. The van der Waals surface area contributed by atoms with E-state index in [1.807, 2.05) is 0 Å². The van der Waals surface area contributed by atoms with Crippen molar-refractivity contribution in [3.63, 3.8) is 0 Å². The van der Waals surface area contributed by atoms with E-state index in [1.165, 1.54) is 25.1 Å². The van der Waals surface area contributed by atoms with E-state index in [0.717, 1.165) is 36.4 Å². The zero-order valence-corrected chi connectivity index (χ0v) is 39.6. The highest BCUT2D eigenvalue weighted by Gasteiger charge is 2.50. The van der Waals surface area contributed by atoms with E-state index in [4.69, 9.17) is 47.0 Å². The van der Waals surface area contributed by atoms with Crippen LogP contribution in [0.4, 0.5) is 0 Å². The highest BCUT2D eigenvalue weighted by molar-refractivity contribution is 5.88. The number of fused-ring (bicyclic) bond motifs is 1. The first-order chi connectivity index (χ1) is 36.0. The van der Waals surface area contributed by atoms with Crippen LogP contribution in [0.2, 0.25) is 0 Å². The van der Waals surface area contributed by atoms with Crippen LogP contribution in [0, 0.1) is 0 Å². The Bertz CT molecular complexity index is 2680. The Morgan fingerprint density at radius 1 is 0.592 bits per heavy atom. The third kappa shape index (κ3) is 11.8. The zero-order chi connectivity index (χ0) is 55.0. The summed E-state index contributed by atoms with van der Waals surface area (Å²) in [7, 11) is 0. The van der Waals surface area contributed by atoms with Gasteiger partial charge in [0.15, 0.2) is 40.8 Å². The summed E-state index contributed by atoms with van der Waals surface area (Å²) >= 11 is 0. The average molecular weight is 1080 g/mol. The Balaban J connectivity index is 1.10. The van der Waals surface area contributed by atoms with Gasteiger partial charge in [-0.05, 0) is 48.9 Å². The van der Waals surface area contributed by atoms with Crippen molar-refractivity contribution in [3.05, 3.63) is 76.5 Å². The molecule has 0 saturated carbocycles. The number of aliphatic hydroxyl groups excluding tert-OH is 13. The second-order valence-electron chi connectivity index (χ2n) is 18.3. The van der Waals surface area contributed by atoms with Gasteiger partial charge in [-0.1, -0.05) is 12.1 Å². The van der Waals surface area contributed by atoms with Crippen molar-refractivity contribution in [2.75, 3.05) is 19.8 Å². The van der Waals surface area contributed by atoms with Gasteiger partial charge in [0, 0.05) is 17.7 Å². The van der Waals surface area contributed by atoms with Crippen molar-refractivity contribution in [1.82, 2.24) is 0 Å². The number of esters is 1. The minimum absolute atomic E-state index is 0.0112. The summed E-state index contributed by atoms with van der Waals surface area (Å²) in [6, 6.07) is 10.7. The first-order valence-electron chi connectivity index (χ1n) is 23.4. The number of aromatic hydroxyl groups is 3. The number of phenols is 3. The molecular formula is C48H57O28+. The summed E-state index contributed by atoms with van der Waals surface area (Å²) in [6.07, 6.45) is -32.9. The van der Waals surface area contributed by atoms with Crippen molar-refractivity contribution in [1.29, 1.82) is 0 Å². The third-order valence-electron chi connectivity index (χ3n) is 13.0. The van der Waals surface area contributed by atoms with Crippen LogP contribution in [-0.4, -0.2) is 235 Å².